The number of hydrogen-bond donors (Lipinski definition) is 1. The number of aromatic nitrogens is 2. The van der Waals surface area contributed by atoms with Crippen LogP contribution in [0.5, 0.6) is 0 Å². The SMILES string of the molecule is Cc1nn2c(c1-c1ccccc1)NN=C(S(C)(=O)=O)C2C. The van der Waals surface area contributed by atoms with Crippen molar-refractivity contribution >= 4 is 20.7 Å². The predicted molar refractivity (Wildman–Crippen MR) is 83.0 cm³/mol. The fourth-order valence-corrected chi connectivity index (χ4v) is 3.52. The van der Waals surface area contributed by atoms with Gasteiger partial charge < -0.3 is 0 Å². The Morgan fingerprint density at radius 1 is 1.24 bits per heavy atom. The number of hydrazone groups is 1. The maximum absolute atomic E-state index is 11.8. The third kappa shape index (κ3) is 2.23. The molecule has 0 saturated heterocycles. The second-order valence-electron chi connectivity index (χ2n) is 5.13. The van der Waals surface area contributed by atoms with Crippen LogP contribution in [-0.2, 0) is 9.84 Å². The summed E-state index contributed by atoms with van der Waals surface area (Å²) in [6.45, 7) is 3.69. The molecule has 1 unspecified atom stereocenters. The average molecular weight is 304 g/mol. The maximum Gasteiger partial charge on any atom is 0.192 e. The summed E-state index contributed by atoms with van der Waals surface area (Å²) in [4.78, 5) is 0. The number of anilines is 1. The van der Waals surface area contributed by atoms with Gasteiger partial charge in [-0.2, -0.15) is 10.2 Å². The summed E-state index contributed by atoms with van der Waals surface area (Å²) < 4.78 is 25.2. The summed E-state index contributed by atoms with van der Waals surface area (Å²) in [5.41, 5.74) is 5.65. The maximum atomic E-state index is 11.8. The van der Waals surface area contributed by atoms with Crippen molar-refractivity contribution in [3.63, 3.8) is 0 Å². The molecule has 1 N–H and O–H groups in total. The highest BCUT2D eigenvalue weighted by Gasteiger charge is 2.31. The fraction of sp³-hybridized carbons (Fsp3) is 0.286. The summed E-state index contributed by atoms with van der Waals surface area (Å²) in [5.74, 6) is 0.721. The molecule has 2 aromatic rings. The number of aryl methyl sites for hydroxylation is 1. The number of benzene rings is 1. The fourth-order valence-electron chi connectivity index (χ4n) is 2.58. The van der Waals surface area contributed by atoms with E-state index in [1.54, 1.807) is 11.6 Å². The molecule has 1 aliphatic heterocycles. The van der Waals surface area contributed by atoms with Crippen LogP contribution in [0.1, 0.15) is 18.7 Å². The van der Waals surface area contributed by atoms with Gasteiger partial charge in [-0.1, -0.05) is 30.3 Å². The van der Waals surface area contributed by atoms with E-state index in [9.17, 15) is 8.42 Å². The molecule has 110 valence electrons. The number of fused-ring (bicyclic) bond motifs is 1. The Morgan fingerprint density at radius 2 is 1.90 bits per heavy atom. The molecule has 0 fully saturated rings. The molecule has 3 rings (SSSR count). The van der Waals surface area contributed by atoms with E-state index >= 15 is 0 Å². The lowest BCUT2D eigenvalue weighted by molar-refractivity contribution is 0.585. The first-order valence-corrected chi connectivity index (χ1v) is 8.47. The molecule has 6 nitrogen and oxygen atoms in total. The van der Waals surface area contributed by atoms with E-state index in [1.165, 1.54) is 0 Å². The minimum absolute atomic E-state index is 0.0945. The van der Waals surface area contributed by atoms with Crippen LogP contribution in [0.4, 0.5) is 5.82 Å². The third-order valence-corrected chi connectivity index (χ3v) is 4.72. The van der Waals surface area contributed by atoms with E-state index < -0.39 is 15.9 Å². The minimum Gasteiger partial charge on any atom is -0.260 e. The van der Waals surface area contributed by atoms with E-state index in [0.717, 1.165) is 28.9 Å². The van der Waals surface area contributed by atoms with Crippen molar-refractivity contribution in [3.05, 3.63) is 36.0 Å². The Labute approximate surface area is 123 Å². The Balaban J connectivity index is 2.15. The van der Waals surface area contributed by atoms with Crippen molar-refractivity contribution in [2.24, 2.45) is 5.10 Å². The molecule has 7 heteroatoms. The highest BCUT2D eigenvalue weighted by atomic mass is 32.2. The van der Waals surface area contributed by atoms with Crippen LogP contribution in [0.2, 0.25) is 0 Å². The van der Waals surface area contributed by atoms with Gasteiger partial charge in [0.15, 0.2) is 20.7 Å². The van der Waals surface area contributed by atoms with E-state index in [4.69, 9.17) is 0 Å². The van der Waals surface area contributed by atoms with Crippen molar-refractivity contribution < 1.29 is 8.42 Å². The van der Waals surface area contributed by atoms with Crippen molar-refractivity contribution in [1.29, 1.82) is 0 Å². The second kappa shape index (κ2) is 4.70. The number of rotatable bonds is 1. The molecule has 2 heterocycles. The molecule has 0 amide bonds. The zero-order chi connectivity index (χ0) is 15.2. The highest BCUT2D eigenvalue weighted by molar-refractivity contribution is 8.05. The van der Waals surface area contributed by atoms with Crippen LogP contribution in [0.15, 0.2) is 35.4 Å². The van der Waals surface area contributed by atoms with Crippen molar-refractivity contribution in [2.45, 2.75) is 19.9 Å². The normalized spacial score (nSPS) is 17.9. The van der Waals surface area contributed by atoms with Gasteiger partial charge in [-0.05, 0) is 19.4 Å². The first-order chi connectivity index (χ1) is 9.89. The second-order valence-corrected chi connectivity index (χ2v) is 7.09. The van der Waals surface area contributed by atoms with Crippen LogP contribution >= 0.6 is 0 Å². The van der Waals surface area contributed by atoms with Gasteiger partial charge in [0.2, 0.25) is 0 Å². The van der Waals surface area contributed by atoms with E-state index in [1.807, 2.05) is 37.3 Å². The van der Waals surface area contributed by atoms with Gasteiger partial charge in [-0.15, -0.1) is 0 Å². The standard InChI is InChI=1S/C14H16N4O2S/c1-9-12(11-7-5-4-6-8-11)13-15-16-14(21(3,19)20)10(2)18(13)17-9/h4-8,10,15H,1-3H3. The average Bonchev–Trinajstić information content (AvgIpc) is 2.76. The molecule has 0 spiro atoms. The molecule has 1 aliphatic rings. The van der Waals surface area contributed by atoms with Gasteiger partial charge in [0, 0.05) is 11.8 Å². The van der Waals surface area contributed by atoms with E-state index in [-0.39, 0.29) is 5.04 Å². The monoisotopic (exact) mass is 304 g/mol. The van der Waals surface area contributed by atoms with Crippen LogP contribution in [0.3, 0.4) is 0 Å². The Bertz CT molecular complexity index is 822. The van der Waals surface area contributed by atoms with Crippen LogP contribution in [-0.4, -0.2) is 29.5 Å². The van der Waals surface area contributed by atoms with Gasteiger partial charge in [0.1, 0.15) is 6.04 Å². The van der Waals surface area contributed by atoms with Gasteiger partial charge in [0.05, 0.1) is 5.69 Å². The van der Waals surface area contributed by atoms with E-state index in [0.29, 0.717) is 0 Å². The molecule has 0 radical (unpaired) electrons. The van der Waals surface area contributed by atoms with Crippen molar-refractivity contribution in [2.75, 3.05) is 11.7 Å². The molecule has 0 bridgehead atoms. The van der Waals surface area contributed by atoms with Crippen LogP contribution in [0.25, 0.3) is 11.1 Å². The first-order valence-electron chi connectivity index (χ1n) is 6.58. The zero-order valence-corrected chi connectivity index (χ0v) is 12.8. The summed E-state index contributed by atoms with van der Waals surface area (Å²) in [7, 11) is -3.36. The molecule has 1 atom stereocenters. The summed E-state index contributed by atoms with van der Waals surface area (Å²) >= 11 is 0. The molecule has 0 saturated carbocycles. The zero-order valence-electron chi connectivity index (χ0n) is 12.0. The molecule has 1 aromatic heterocycles. The van der Waals surface area contributed by atoms with Crippen LogP contribution in [0, 0.1) is 6.92 Å². The quantitative estimate of drug-likeness (QED) is 0.876. The summed E-state index contributed by atoms with van der Waals surface area (Å²) in [6, 6.07) is 9.42. The molecule has 1 aromatic carbocycles. The topological polar surface area (TPSA) is 76.3 Å². The third-order valence-electron chi connectivity index (χ3n) is 3.52. The smallest absolute Gasteiger partial charge is 0.192 e. The molecule has 0 aliphatic carbocycles. The minimum atomic E-state index is -3.36. The van der Waals surface area contributed by atoms with Gasteiger partial charge >= 0.3 is 0 Å². The Hall–Kier alpha value is -2.15. The molecular weight excluding hydrogens is 288 g/mol. The number of sulfone groups is 1. The number of hydrogen-bond acceptors (Lipinski definition) is 5. The lowest BCUT2D eigenvalue weighted by atomic mass is 10.1. The lowest BCUT2D eigenvalue weighted by Crippen LogP contribution is -2.30. The van der Waals surface area contributed by atoms with Gasteiger partial charge in [-0.25, -0.2) is 13.1 Å². The number of nitrogens with zero attached hydrogens (tertiary/aromatic N) is 3. The molecular formula is C14H16N4O2S. The Kier molecular flexibility index (Phi) is 3.09. The predicted octanol–water partition coefficient (Wildman–Crippen LogP) is 2.20. The largest absolute Gasteiger partial charge is 0.260 e. The van der Waals surface area contributed by atoms with Crippen molar-refractivity contribution in [3.8, 4) is 11.1 Å². The van der Waals surface area contributed by atoms with Crippen molar-refractivity contribution in [1.82, 2.24) is 9.78 Å². The Morgan fingerprint density at radius 3 is 2.52 bits per heavy atom. The lowest BCUT2D eigenvalue weighted by Gasteiger charge is -2.21. The van der Waals surface area contributed by atoms with E-state index in [2.05, 4.69) is 15.6 Å². The highest BCUT2D eigenvalue weighted by Crippen LogP contribution is 2.35. The van der Waals surface area contributed by atoms with Gasteiger partial charge in [-0.3, -0.25) is 5.43 Å². The van der Waals surface area contributed by atoms with Crippen LogP contribution < -0.4 is 5.43 Å². The first kappa shape index (κ1) is 13.8. The molecule has 21 heavy (non-hydrogen) atoms. The number of nitrogens with one attached hydrogen (secondary N) is 1. The summed E-state index contributed by atoms with van der Waals surface area (Å²) in [6.07, 6.45) is 1.16. The summed E-state index contributed by atoms with van der Waals surface area (Å²) in [5, 5.41) is 8.62. The van der Waals surface area contributed by atoms with Gasteiger partial charge in [0.25, 0.3) is 0 Å².